The fourth-order valence-corrected chi connectivity index (χ4v) is 2.89. The molecule has 1 fully saturated rings. The Hall–Kier alpha value is -2.27. The van der Waals surface area contributed by atoms with Gasteiger partial charge in [-0.2, -0.15) is 0 Å². The predicted molar refractivity (Wildman–Crippen MR) is 96.6 cm³/mol. The average Bonchev–Trinajstić information content (AvgIpc) is 2.53. The van der Waals surface area contributed by atoms with Gasteiger partial charge in [0.1, 0.15) is 6.10 Å². The minimum atomic E-state index is -0.480. The van der Waals surface area contributed by atoms with Crippen LogP contribution in [0.25, 0.3) is 0 Å². The van der Waals surface area contributed by atoms with Crippen molar-refractivity contribution < 1.29 is 19.1 Å². The summed E-state index contributed by atoms with van der Waals surface area (Å²) in [7, 11) is 0. The van der Waals surface area contributed by atoms with Gasteiger partial charge < -0.3 is 10.1 Å². The topological polar surface area (TPSA) is 72.5 Å². The van der Waals surface area contributed by atoms with Gasteiger partial charge in [0.05, 0.1) is 5.57 Å². The smallest absolute Gasteiger partial charge is 0.191 e. The van der Waals surface area contributed by atoms with Crippen molar-refractivity contribution in [3.05, 3.63) is 41.6 Å². The molecule has 0 radical (unpaired) electrons. The zero-order chi connectivity index (χ0) is 18.6. The average molecular weight is 343 g/mol. The maximum atomic E-state index is 12.2. The van der Waals surface area contributed by atoms with E-state index in [0.717, 1.165) is 0 Å². The van der Waals surface area contributed by atoms with Crippen molar-refractivity contribution in [2.24, 2.45) is 5.41 Å². The summed E-state index contributed by atoms with van der Waals surface area (Å²) in [5.41, 5.74) is 1.21. The molecule has 0 bridgehead atoms. The van der Waals surface area contributed by atoms with E-state index in [1.165, 1.54) is 6.20 Å². The lowest BCUT2D eigenvalue weighted by Crippen LogP contribution is -2.31. The van der Waals surface area contributed by atoms with E-state index >= 15 is 0 Å². The second kappa shape index (κ2) is 7.74. The number of ketones is 3. The number of hydrogen-bond donors (Lipinski definition) is 1. The fourth-order valence-electron chi connectivity index (χ4n) is 2.89. The van der Waals surface area contributed by atoms with Gasteiger partial charge in [0, 0.05) is 36.9 Å². The number of carbonyl (C=O) groups is 3. The summed E-state index contributed by atoms with van der Waals surface area (Å²) in [4.78, 5) is 36.4. The standard InChI is InChI=1S/C20H25NO4/c1-5-25-13(2)19(24)14-6-8-15(9-7-14)21-12-16-17(22)10-20(3,4)11-18(16)23/h6-9,12-13,21H,5,10-11H2,1-4H3. The molecule has 1 atom stereocenters. The van der Waals surface area contributed by atoms with Crippen LogP contribution < -0.4 is 5.32 Å². The van der Waals surface area contributed by atoms with E-state index in [2.05, 4.69) is 5.32 Å². The molecule has 1 saturated carbocycles. The Morgan fingerprint density at radius 3 is 2.28 bits per heavy atom. The molecule has 5 heteroatoms. The first-order chi connectivity index (χ1) is 11.7. The summed E-state index contributed by atoms with van der Waals surface area (Å²) < 4.78 is 5.31. The Bertz CT molecular complexity index is 679. The molecule has 0 aromatic heterocycles. The van der Waals surface area contributed by atoms with Crippen LogP contribution >= 0.6 is 0 Å². The normalized spacial score (nSPS) is 18.0. The third-order valence-corrected chi connectivity index (χ3v) is 4.22. The Kier molecular flexibility index (Phi) is 5.90. The fraction of sp³-hybridized carbons (Fsp3) is 0.450. The first-order valence-corrected chi connectivity index (χ1v) is 8.52. The van der Waals surface area contributed by atoms with Crippen molar-refractivity contribution in [1.82, 2.24) is 0 Å². The highest BCUT2D eigenvalue weighted by molar-refractivity contribution is 6.22. The molecule has 0 amide bonds. The highest BCUT2D eigenvalue weighted by Crippen LogP contribution is 2.33. The SMILES string of the molecule is CCOC(C)C(=O)c1ccc(NC=C2C(=O)CC(C)(C)CC2=O)cc1. The number of carbonyl (C=O) groups excluding carboxylic acids is 3. The van der Waals surface area contributed by atoms with E-state index in [9.17, 15) is 14.4 Å². The Morgan fingerprint density at radius 2 is 1.76 bits per heavy atom. The van der Waals surface area contributed by atoms with Crippen molar-refractivity contribution in [3.8, 4) is 0 Å². The number of hydrogen-bond acceptors (Lipinski definition) is 5. The summed E-state index contributed by atoms with van der Waals surface area (Å²) in [6, 6.07) is 6.88. The Morgan fingerprint density at radius 1 is 1.20 bits per heavy atom. The van der Waals surface area contributed by atoms with E-state index in [0.29, 0.717) is 30.7 Å². The second-order valence-electron chi connectivity index (χ2n) is 7.11. The van der Waals surface area contributed by atoms with Crippen LogP contribution in [0.2, 0.25) is 0 Å². The molecule has 2 rings (SSSR count). The lowest BCUT2D eigenvalue weighted by atomic mass is 9.74. The van der Waals surface area contributed by atoms with Crippen LogP contribution in [-0.4, -0.2) is 30.1 Å². The van der Waals surface area contributed by atoms with Gasteiger partial charge >= 0.3 is 0 Å². The molecule has 25 heavy (non-hydrogen) atoms. The quantitative estimate of drug-likeness (QED) is 0.486. The van der Waals surface area contributed by atoms with Crippen molar-refractivity contribution in [2.45, 2.75) is 46.6 Å². The Labute approximate surface area is 148 Å². The minimum Gasteiger partial charge on any atom is -0.371 e. The van der Waals surface area contributed by atoms with Crippen molar-refractivity contribution >= 4 is 23.0 Å². The van der Waals surface area contributed by atoms with Crippen LogP contribution in [0.15, 0.2) is 36.0 Å². The lowest BCUT2D eigenvalue weighted by molar-refractivity contribution is -0.127. The van der Waals surface area contributed by atoms with Gasteiger partial charge in [0.15, 0.2) is 17.3 Å². The molecule has 1 aromatic rings. The van der Waals surface area contributed by atoms with Crippen LogP contribution in [0, 0.1) is 5.41 Å². The van der Waals surface area contributed by atoms with E-state index in [1.807, 2.05) is 20.8 Å². The molecular weight excluding hydrogens is 318 g/mol. The third kappa shape index (κ3) is 4.86. The van der Waals surface area contributed by atoms with Crippen molar-refractivity contribution in [2.75, 3.05) is 11.9 Å². The zero-order valence-corrected chi connectivity index (χ0v) is 15.2. The molecule has 1 aliphatic rings. The van der Waals surface area contributed by atoms with E-state index in [4.69, 9.17) is 4.74 Å². The van der Waals surface area contributed by atoms with Gasteiger partial charge in [-0.25, -0.2) is 0 Å². The number of benzene rings is 1. The molecule has 134 valence electrons. The highest BCUT2D eigenvalue weighted by Gasteiger charge is 2.35. The summed E-state index contributed by atoms with van der Waals surface area (Å²) in [5.74, 6) is -0.344. The van der Waals surface area contributed by atoms with E-state index in [1.54, 1.807) is 31.2 Å². The maximum absolute atomic E-state index is 12.2. The molecule has 0 spiro atoms. The molecule has 1 N–H and O–H groups in total. The van der Waals surface area contributed by atoms with Gasteiger partial charge in [-0.3, -0.25) is 14.4 Å². The van der Waals surface area contributed by atoms with Crippen molar-refractivity contribution in [1.29, 1.82) is 0 Å². The second-order valence-corrected chi connectivity index (χ2v) is 7.11. The summed E-state index contributed by atoms with van der Waals surface area (Å²) in [6.07, 6.45) is 1.73. The first kappa shape index (κ1) is 19.1. The summed E-state index contributed by atoms with van der Waals surface area (Å²) >= 11 is 0. The molecular formula is C20H25NO4. The van der Waals surface area contributed by atoms with Gasteiger partial charge in [-0.15, -0.1) is 0 Å². The van der Waals surface area contributed by atoms with E-state index in [-0.39, 0.29) is 28.3 Å². The van der Waals surface area contributed by atoms with Gasteiger partial charge in [0.25, 0.3) is 0 Å². The van der Waals surface area contributed by atoms with Gasteiger partial charge in [-0.1, -0.05) is 13.8 Å². The largest absolute Gasteiger partial charge is 0.371 e. The number of ether oxygens (including phenoxy) is 1. The first-order valence-electron chi connectivity index (χ1n) is 8.52. The minimum absolute atomic E-state index is 0.0772. The van der Waals surface area contributed by atoms with Crippen LogP contribution in [0.3, 0.4) is 0 Å². The molecule has 1 aromatic carbocycles. The van der Waals surface area contributed by atoms with Crippen LogP contribution in [-0.2, 0) is 14.3 Å². The lowest BCUT2D eigenvalue weighted by Gasteiger charge is -2.28. The van der Waals surface area contributed by atoms with Crippen molar-refractivity contribution in [3.63, 3.8) is 0 Å². The summed E-state index contributed by atoms with van der Waals surface area (Å²) in [6.45, 7) is 7.90. The van der Waals surface area contributed by atoms with Gasteiger partial charge in [0.2, 0.25) is 0 Å². The number of rotatable bonds is 6. The summed E-state index contributed by atoms with van der Waals surface area (Å²) in [5, 5.41) is 2.98. The number of allylic oxidation sites excluding steroid dienone is 1. The monoisotopic (exact) mass is 343 g/mol. The van der Waals surface area contributed by atoms with Crippen LogP contribution in [0.5, 0.6) is 0 Å². The van der Waals surface area contributed by atoms with Crippen LogP contribution in [0.4, 0.5) is 5.69 Å². The zero-order valence-electron chi connectivity index (χ0n) is 15.2. The number of anilines is 1. The van der Waals surface area contributed by atoms with Crippen LogP contribution in [0.1, 0.15) is 50.9 Å². The molecule has 0 aliphatic heterocycles. The number of nitrogens with one attached hydrogen (secondary N) is 1. The Balaban J connectivity index is 2.05. The molecule has 0 saturated heterocycles. The third-order valence-electron chi connectivity index (χ3n) is 4.22. The highest BCUT2D eigenvalue weighted by atomic mass is 16.5. The molecule has 1 unspecified atom stereocenters. The molecule has 1 aliphatic carbocycles. The maximum Gasteiger partial charge on any atom is 0.191 e. The van der Waals surface area contributed by atoms with Gasteiger partial charge in [-0.05, 0) is 43.5 Å². The van der Waals surface area contributed by atoms with E-state index < -0.39 is 6.10 Å². The predicted octanol–water partition coefficient (Wildman–Crippen LogP) is 3.55. The molecule has 0 heterocycles. The number of Topliss-reactive ketones (excluding diaryl/α,β-unsaturated/α-hetero) is 3. The molecule has 5 nitrogen and oxygen atoms in total.